The zero-order valence-electron chi connectivity index (χ0n) is 17.2. The number of hydrogen-bond donors (Lipinski definition) is 1. The largest absolute Gasteiger partial charge is 0.493 e. The van der Waals surface area contributed by atoms with E-state index >= 15 is 0 Å². The van der Waals surface area contributed by atoms with E-state index in [0.29, 0.717) is 23.9 Å². The van der Waals surface area contributed by atoms with Crippen LogP contribution in [0, 0.1) is 0 Å². The number of amides is 1. The molecule has 0 saturated heterocycles. The van der Waals surface area contributed by atoms with Gasteiger partial charge in [-0.1, -0.05) is 54.2 Å². The van der Waals surface area contributed by atoms with E-state index in [4.69, 9.17) is 14.5 Å². The molecule has 4 rings (SSSR count). The van der Waals surface area contributed by atoms with Crippen LogP contribution in [0.4, 0.5) is 5.69 Å². The van der Waals surface area contributed by atoms with Crippen LogP contribution < -0.4 is 14.8 Å². The highest BCUT2D eigenvalue weighted by atomic mass is 32.2. The lowest BCUT2D eigenvalue weighted by Gasteiger charge is -2.11. The first-order chi connectivity index (χ1) is 15.2. The summed E-state index contributed by atoms with van der Waals surface area (Å²) in [6.45, 7) is 0.676. The average molecular weight is 434 g/mol. The van der Waals surface area contributed by atoms with Crippen molar-refractivity contribution in [1.29, 1.82) is 0 Å². The van der Waals surface area contributed by atoms with E-state index in [2.05, 4.69) is 5.32 Å². The third-order valence-electron chi connectivity index (χ3n) is 4.62. The van der Waals surface area contributed by atoms with Gasteiger partial charge in [-0.25, -0.2) is 4.98 Å². The van der Waals surface area contributed by atoms with Gasteiger partial charge in [0.15, 0.2) is 16.7 Å². The lowest BCUT2D eigenvalue weighted by atomic mass is 10.3. The average Bonchev–Trinajstić information content (AvgIpc) is 3.14. The van der Waals surface area contributed by atoms with Crippen LogP contribution in [0.5, 0.6) is 11.5 Å². The Morgan fingerprint density at radius 2 is 1.68 bits per heavy atom. The van der Waals surface area contributed by atoms with Crippen LogP contribution in [0.3, 0.4) is 0 Å². The third kappa shape index (κ3) is 5.19. The Labute approximate surface area is 185 Å². The monoisotopic (exact) mass is 433 g/mol. The normalized spacial score (nSPS) is 10.7. The quantitative estimate of drug-likeness (QED) is 0.302. The highest BCUT2D eigenvalue weighted by Gasteiger charge is 2.14. The van der Waals surface area contributed by atoms with Crippen molar-refractivity contribution < 1.29 is 14.3 Å². The molecule has 3 aromatic carbocycles. The van der Waals surface area contributed by atoms with Crippen molar-refractivity contribution in [2.24, 2.45) is 0 Å². The molecule has 31 heavy (non-hydrogen) atoms. The molecule has 0 aliphatic carbocycles. The number of ether oxygens (including phenoxy) is 2. The second-order valence-corrected chi connectivity index (χ2v) is 7.79. The number of anilines is 1. The number of rotatable bonds is 9. The molecule has 0 aliphatic rings. The van der Waals surface area contributed by atoms with Crippen LogP contribution in [0.2, 0.25) is 0 Å². The summed E-state index contributed by atoms with van der Waals surface area (Å²) in [5.74, 6) is 2.00. The van der Waals surface area contributed by atoms with Crippen molar-refractivity contribution in [3.05, 3.63) is 78.9 Å². The van der Waals surface area contributed by atoms with Gasteiger partial charge in [0.05, 0.1) is 24.8 Å². The fraction of sp³-hybridized carbons (Fsp3) is 0.167. The summed E-state index contributed by atoms with van der Waals surface area (Å²) in [4.78, 5) is 17.4. The second kappa shape index (κ2) is 10.0. The topological polar surface area (TPSA) is 65.4 Å². The number of carbonyl (C=O) groups is 1. The smallest absolute Gasteiger partial charge is 0.244 e. The maximum Gasteiger partial charge on any atom is 0.244 e. The van der Waals surface area contributed by atoms with Crippen molar-refractivity contribution >= 4 is 34.4 Å². The van der Waals surface area contributed by atoms with E-state index in [1.807, 2.05) is 83.4 Å². The summed E-state index contributed by atoms with van der Waals surface area (Å²) in [6.07, 6.45) is 0. The van der Waals surface area contributed by atoms with Crippen LogP contribution in [-0.4, -0.2) is 34.9 Å². The molecule has 0 spiro atoms. The van der Waals surface area contributed by atoms with Crippen molar-refractivity contribution in [3.63, 3.8) is 0 Å². The van der Waals surface area contributed by atoms with Crippen molar-refractivity contribution in [1.82, 2.24) is 9.55 Å². The molecular weight excluding hydrogens is 410 g/mol. The van der Waals surface area contributed by atoms with E-state index < -0.39 is 0 Å². The van der Waals surface area contributed by atoms with Crippen molar-refractivity contribution in [2.75, 3.05) is 24.8 Å². The molecule has 1 amide bonds. The van der Waals surface area contributed by atoms with Gasteiger partial charge in [-0.15, -0.1) is 0 Å². The highest BCUT2D eigenvalue weighted by molar-refractivity contribution is 7.99. The van der Waals surface area contributed by atoms with Crippen LogP contribution in [0.15, 0.2) is 84.0 Å². The van der Waals surface area contributed by atoms with E-state index in [0.717, 1.165) is 21.9 Å². The predicted molar refractivity (Wildman–Crippen MR) is 124 cm³/mol. The van der Waals surface area contributed by atoms with Crippen molar-refractivity contribution in [3.8, 4) is 11.5 Å². The SMILES string of the molecule is COc1ccccc1OCCSc1nc2ccccc2n1CC(=O)Nc1ccccc1. The van der Waals surface area contributed by atoms with Gasteiger partial charge in [-0.05, 0) is 36.4 Å². The van der Waals surface area contributed by atoms with Gasteiger partial charge in [0.25, 0.3) is 0 Å². The summed E-state index contributed by atoms with van der Waals surface area (Å²) < 4.78 is 13.1. The molecule has 158 valence electrons. The minimum Gasteiger partial charge on any atom is -0.493 e. The fourth-order valence-electron chi connectivity index (χ4n) is 3.20. The molecular formula is C24H23N3O3S. The fourth-order valence-corrected chi connectivity index (χ4v) is 4.04. The molecule has 0 saturated carbocycles. The van der Waals surface area contributed by atoms with E-state index in [1.165, 1.54) is 0 Å². The van der Waals surface area contributed by atoms with Gasteiger partial charge >= 0.3 is 0 Å². The Kier molecular flexibility index (Phi) is 6.74. The van der Waals surface area contributed by atoms with E-state index in [-0.39, 0.29) is 12.5 Å². The Morgan fingerprint density at radius 1 is 0.968 bits per heavy atom. The summed E-state index contributed by atoms with van der Waals surface area (Å²) in [5, 5.41) is 3.72. The number of aromatic nitrogens is 2. The number of thioether (sulfide) groups is 1. The number of nitrogens with zero attached hydrogens (tertiary/aromatic N) is 2. The van der Waals surface area contributed by atoms with Crippen LogP contribution in [0.25, 0.3) is 11.0 Å². The van der Waals surface area contributed by atoms with Gasteiger partial charge in [0.2, 0.25) is 5.91 Å². The van der Waals surface area contributed by atoms with Gasteiger partial charge in [0.1, 0.15) is 6.54 Å². The minimum absolute atomic E-state index is 0.0959. The second-order valence-electron chi connectivity index (χ2n) is 6.73. The molecule has 0 aliphatic heterocycles. The number of para-hydroxylation sites is 5. The van der Waals surface area contributed by atoms with Gasteiger partial charge in [-0.2, -0.15) is 0 Å². The lowest BCUT2D eigenvalue weighted by Crippen LogP contribution is -2.19. The maximum atomic E-state index is 12.7. The molecule has 4 aromatic rings. The van der Waals surface area contributed by atoms with E-state index in [1.54, 1.807) is 18.9 Å². The van der Waals surface area contributed by atoms with Crippen LogP contribution >= 0.6 is 11.8 Å². The van der Waals surface area contributed by atoms with E-state index in [9.17, 15) is 4.79 Å². The molecule has 0 atom stereocenters. The number of benzene rings is 3. The van der Waals surface area contributed by atoms with Gasteiger partial charge in [0, 0.05) is 11.4 Å². The number of hydrogen-bond acceptors (Lipinski definition) is 5. The summed E-state index contributed by atoms with van der Waals surface area (Å²) >= 11 is 1.56. The first-order valence-corrected chi connectivity index (χ1v) is 10.9. The maximum absolute atomic E-state index is 12.7. The predicted octanol–water partition coefficient (Wildman–Crippen LogP) is 4.85. The molecule has 7 heteroatoms. The molecule has 1 N–H and O–H groups in total. The Balaban J connectivity index is 1.44. The lowest BCUT2D eigenvalue weighted by molar-refractivity contribution is -0.116. The molecule has 0 unspecified atom stereocenters. The number of methoxy groups -OCH3 is 1. The molecule has 0 radical (unpaired) electrons. The Morgan fingerprint density at radius 3 is 2.48 bits per heavy atom. The zero-order valence-corrected chi connectivity index (χ0v) is 18.0. The Bertz CT molecular complexity index is 1160. The molecule has 1 heterocycles. The van der Waals surface area contributed by atoms with Gasteiger partial charge in [-0.3, -0.25) is 4.79 Å². The van der Waals surface area contributed by atoms with Crippen LogP contribution in [-0.2, 0) is 11.3 Å². The number of nitrogens with one attached hydrogen (secondary N) is 1. The van der Waals surface area contributed by atoms with Gasteiger partial charge < -0.3 is 19.4 Å². The third-order valence-corrected chi connectivity index (χ3v) is 5.56. The summed E-state index contributed by atoms with van der Waals surface area (Å²) in [5.41, 5.74) is 2.57. The molecule has 0 fully saturated rings. The first-order valence-electron chi connectivity index (χ1n) is 9.93. The van der Waals surface area contributed by atoms with Crippen LogP contribution in [0.1, 0.15) is 0 Å². The minimum atomic E-state index is -0.0959. The summed E-state index contributed by atoms with van der Waals surface area (Å²) in [6, 6.07) is 24.8. The molecule has 1 aromatic heterocycles. The van der Waals surface area contributed by atoms with Crippen molar-refractivity contribution in [2.45, 2.75) is 11.7 Å². The molecule has 6 nitrogen and oxygen atoms in total. The number of fused-ring (bicyclic) bond motifs is 1. The molecule has 0 bridgehead atoms. The number of imidazole rings is 1. The summed E-state index contributed by atoms with van der Waals surface area (Å²) in [7, 11) is 1.62. The highest BCUT2D eigenvalue weighted by Crippen LogP contribution is 2.27. The number of carbonyl (C=O) groups excluding carboxylic acids is 1. The Hall–Kier alpha value is -3.45. The zero-order chi connectivity index (χ0) is 21.5. The first kappa shape index (κ1) is 20.8. The standard InChI is InChI=1S/C24H23N3O3S/c1-29-21-13-7-8-14-22(21)30-15-16-31-24-26-19-11-5-6-12-20(19)27(24)17-23(28)25-18-9-3-2-4-10-18/h2-14H,15-17H2,1H3,(H,25,28).